The molecule has 0 fully saturated rings. The monoisotopic (exact) mass is 302 g/mol. The average molecular weight is 304 g/mol. The van der Waals surface area contributed by atoms with Crippen LogP contribution in [0.2, 0.25) is 10.0 Å². The van der Waals surface area contributed by atoms with E-state index in [2.05, 4.69) is 15.9 Å². The Morgan fingerprint density at radius 2 is 1.27 bits per heavy atom. The van der Waals surface area contributed by atoms with Crippen LogP contribution in [0, 0.1) is 0 Å². The van der Waals surface area contributed by atoms with Gasteiger partial charge in [0.05, 0.1) is 5.02 Å². The van der Waals surface area contributed by atoms with Crippen molar-refractivity contribution in [3.8, 4) is 0 Å². The number of halogens is 3. The van der Waals surface area contributed by atoms with Gasteiger partial charge in [-0.25, -0.2) is 0 Å². The van der Waals surface area contributed by atoms with Crippen LogP contribution in [0.1, 0.15) is 0 Å². The van der Waals surface area contributed by atoms with Crippen molar-refractivity contribution in [2.24, 2.45) is 0 Å². The van der Waals surface area contributed by atoms with Crippen molar-refractivity contribution in [1.29, 1.82) is 0 Å². The second kappa shape index (κ2) is 6.89. The summed E-state index contributed by atoms with van der Waals surface area (Å²) in [7, 11) is 0. The molecule has 0 N–H and O–H groups in total. The van der Waals surface area contributed by atoms with Crippen LogP contribution < -0.4 is 0 Å². The predicted octanol–water partition coefficient (Wildman–Crippen LogP) is 5.44. The molecule has 0 aliphatic carbocycles. The van der Waals surface area contributed by atoms with Crippen LogP contribution in [0.4, 0.5) is 0 Å². The molecule has 2 aromatic carbocycles. The first kappa shape index (κ1) is 12.6. The Labute approximate surface area is 108 Å². The van der Waals surface area contributed by atoms with Crippen LogP contribution >= 0.6 is 39.1 Å². The summed E-state index contributed by atoms with van der Waals surface area (Å²) in [6.07, 6.45) is 0. The summed E-state index contributed by atoms with van der Waals surface area (Å²) < 4.78 is 0.946. The van der Waals surface area contributed by atoms with E-state index in [-0.39, 0.29) is 0 Å². The average Bonchev–Trinajstić information content (AvgIpc) is 2.25. The van der Waals surface area contributed by atoms with Crippen molar-refractivity contribution in [2.75, 3.05) is 0 Å². The van der Waals surface area contributed by atoms with Crippen LogP contribution in [0.15, 0.2) is 59.1 Å². The lowest BCUT2D eigenvalue weighted by Gasteiger charge is -1.88. The molecule has 0 heterocycles. The fraction of sp³-hybridized carbons (Fsp3) is 0. The van der Waals surface area contributed by atoms with E-state index in [1.165, 1.54) is 0 Å². The van der Waals surface area contributed by atoms with Gasteiger partial charge in [0.15, 0.2) is 0 Å². The van der Waals surface area contributed by atoms with Crippen molar-refractivity contribution in [3.63, 3.8) is 0 Å². The second-order valence-electron chi connectivity index (χ2n) is 2.71. The molecule has 0 amide bonds. The Bertz CT molecular complexity index is 380. The molecular formula is C12H9BrCl2. The third-order valence-corrected chi connectivity index (χ3v) is 3.06. The fourth-order valence-corrected chi connectivity index (χ4v) is 1.42. The van der Waals surface area contributed by atoms with Gasteiger partial charge in [0.2, 0.25) is 0 Å². The van der Waals surface area contributed by atoms with Crippen LogP contribution in [0.25, 0.3) is 0 Å². The van der Waals surface area contributed by atoms with Crippen LogP contribution in [-0.4, -0.2) is 0 Å². The molecule has 0 nitrogen and oxygen atoms in total. The first-order valence-electron chi connectivity index (χ1n) is 4.30. The summed E-state index contributed by atoms with van der Waals surface area (Å²) in [5.41, 5.74) is 0. The highest BCUT2D eigenvalue weighted by Crippen LogP contribution is 2.20. The zero-order valence-corrected chi connectivity index (χ0v) is 10.9. The molecule has 0 saturated carbocycles. The molecule has 0 spiro atoms. The van der Waals surface area contributed by atoms with Crippen molar-refractivity contribution in [3.05, 3.63) is 69.1 Å². The SMILES string of the molecule is Clc1ccccc1.Clc1ccccc1Br. The third kappa shape index (κ3) is 5.22. The zero-order chi connectivity index (χ0) is 11.1. The summed E-state index contributed by atoms with van der Waals surface area (Å²) in [5.74, 6) is 0. The van der Waals surface area contributed by atoms with Gasteiger partial charge in [-0.05, 0) is 40.2 Å². The van der Waals surface area contributed by atoms with E-state index in [4.69, 9.17) is 23.2 Å². The van der Waals surface area contributed by atoms with Gasteiger partial charge in [-0.2, -0.15) is 0 Å². The Balaban J connectivity index is 0.000000151. The largest absolute Gasteiger partial charge is 0.0843 e. The van der Waals surface area contributed by atoms with E-state index < -0.39 is 0 Å². The fourth-order valence-electron chi connectivity index (χ4n) is 0.854. The summed E-state index contributed by atoms with van der Waals surface area (Å²) in [6, 6.07) is 17.0. The molecule has 0 radical (unpaired) electrons. The summed E-state index contributed by atoms with van der Waals surface area (Å²) >= 11 is 14.5. The minimum absolute atomic E-state index is 0.757. The van der Waals surface area contributed by atoms with E-state index >= 15 is 0 Å². The molecule has 0 bridgehead atoms. The molecule has 0 saturated heterocycles. The van der Waals surface area contributed by atoms with Crippen molar-refractivity contribution >= 4 is 39.1 Å². The number of benzene rings is 2. The second-order valence-corrected chi connectivity index (χ2v) is 4.41. The molecule has 0 aliphatic rings. The van der Waals surface area contributed by atoms with Gasteiger partial charge in [0.1, 0.15) is 0 Å². The highest BCUT2D eigenvalue weighted by Gasteiger charge is 1.88. The zero-order valence-electron chi connectivity index (χ0n) is 7.83. The molecule has 3 heteroatoms. The quantitative estimate of drug-likeness (QED) is 0.607. The van der Waals surface area contributed by atoms with E-state index in [1.54, 1.807) is 0 Å². The lowest BCUT2D eigenvalue weighted by molar-refractivity contribution is 1.65. The van der Waals surface area contributed by atoms with Crippen molar-refractivity contribution < 1.29 is 0 Å². The highest BCUT2D eigenvalue weighted by atomic mass is 79.9. The van der Waals surface area contributed by atoms with Gasteiger partial charge >= 0.3 is 0 Å². The first-order valence-corrected chi connectivity index (χ1v) is 5.85. The maximum absolute atomic E-state index is 5.66. The Hall–Kier alpha value is -0.500. The molecule has 0 aromatic heterocycles. The highest BCUT2D eigenvalue weighted by molar-refractivity contribution is 9.10. The summed E-state index contributed by atoms with van der Waals surface area (Å²) in [5, 5.41) is 1.55. The van der Waals surface area contributed by atoms with Gasteiger partial charge in [-0.3, -0.25) is 0 Å². The van der Waals surface area contributed by atoms with E-state index in [1.807, 2.05) is 54.6 Å². The Morgan fingerprint density at radius 1 is 0.733 bits per heavy atom. The summed E-state index contributed by atoms with van der Waals surface area (Å²) in [4.78, 5) is 0. The van der Waals surface area contributed by atoms with Gasteiger partial charge in [-0.1, -0.05) is 53.5 Å². The van der Waals surface area contributed by atoms with E-state index in [9.17, 15) is 0 Å². The Kier molecular flexibility index (Phi) is 5.77. The maximum Gasteiger partial charge on any atom is 0.0548 e. The van der Waals surface area contributed by atoms with Crippen molar-refractivity contribution in [2.45, 2.75) is 0 Å². The Morgan fingerprint density at radius 3 is 1.60 bits per heavy atom. The number of rotatable bonds is 0. The molecule has 0 aliphatic heterocycles. The standard InChI is InChI=1S/C6H4BrCl.C6H5Cl/c7-5-3-1-2-4-6(5)8;7-6-4-2-1-3-5-6/h1-4H;1-5H. The van der Waals surface area contributed by atoms with Crippen molar-refractivity contribution in [1.82, 2.24) is 0 Å². The molecule has 2 rings (SSSR count). The number of hydrogen-bond acceptors (Lipinski definition) is 0. The minimum Gasteiger partial charge on any atom is -0.0843 e. The predicted molar refractivity (Wildman–Crippen MR) is 70.6 cm³/mol. The molecular weight excluding hydrogens is 295 g/mol. The van der Waals surface area contributed by atoms with Crippen LogP contribution in [0.5, 0.6) is 0 Å². The smallest absolute Gasteiger partial charge is 0.0548 e. The molecule has 0 unspecified atom stereocenters. The third-order valence-electron chi connectivity index (χ3n) is 1.56. The van der Waals surface area contributed by atoms with Gasteiger partial charge < -0.3 is 0 Å². The topological polar surface area (TPSA) is 0 Å². The normalized spacial score (nSPS) is 9.00. The molecule has 78 valence electrons. The van der Waals surface area contributed by atoms with Crippen LogP contribution in [-0.2, 0) is 0 Å². The van der Waals surface area contributed by atoms with Gasteiger partial charge in [-0.15, -0.1) is 0 Å². The lowest BCUT2D eigenvalue weighted by atomic mass is 10.4. The number of hydrogen-bond donors (Lipinski definition) is 0. The molecule has 2 aromatic rings. The van der Waals surface area contributed by atoms with Gasteiger partial charge in [0.25, 0.3) is 0 Å². The summed E-state index contributed by atoms with van der Waals surface area (Å²) in [6.45, 7) is 0. The van der Waals surface area contributed by atoms with E-state index in [0.717, 1.165) is 14.5 Å². The molecule has 15 heavy (non-hydrogen) atoms. The lowest BCUT2D eigenvalue weighted by Crippen LogP contribution is -1.62. The first-order chi connectivity index (χ1) is 7.20. The maximum atomic E-state index is 5.66. The molecule has 0 atom stereocenters. The van der Waals surface area contributed by atoms with E-state index in [0.29, 0.717) is 0 Å². The van der Waals surface area contributed by atoms with Gasteiger partial charge in [0, 0.05) is 9.50 Å². The van der Waals surface area contributed by atoms with Crippen LogP contribution in [0.3, 0.4) is 0 Å². The minimum atomic E-state index is 0.757.